The Morgan fingerprint density at radius 3 is 2.05 bits per heavy atom. The molecule has 0 amide bonds. The molecule has 1 aromatic heterocycles. The molecule has 2 rings (SSSR count). The van der Waals surface area contributed by atoms with Gasteiger partial charge in [-0.25, -0.2) is 4.98 Å². The van der Waals surface area contributed by atoms with Crippen molar-refractivity contribution in [3.05, 3.63) is 30.1 Å². The second-order valence-electron chi connectivity index (χ2n) is 7.87. The summed E-state index contributed by atoms with van der Waals surface area (Å²) in [5.74, 6) is 1.35. The third kappa shape index (κ3) is 2.77. The van der Waals surface area contributed by atoms with Crippen LogP contribution >= 0.6 is 0 Å². The van der Waals surface area contributed by atoms with E-state index in [0.717, 1.165) is 12.1 Å². The van der Waals surface area contributed by atoms with Crippen LogP contribution in [0.1, 0.15) is 17.9 Å². The number of aromatic nitrogens is 2. The van der Waals surface area contributed by atoms with Crippen LogP contribution in [0.3, 0.4) is 0 Å². The van der Waals surface area contributed by atoms with E-state index in [1.165, 1.54) is 11.3 Å². The average Bonchev–Trinajstić information content (AvgIpc) is 2.62. The minimum atomic E-state index is -1.30. The van der Waals surface area contributed by atoms with Crippen LogP contribution in [0.4, 0.5) is 0 Å². The van der Waals surface area contributed by atoms with Gasteiger partial charge < -0.3 is 4.57 Å². The molecule has 0 fully saturated rings. The number of rotatable bonds is 4. The lowest BCUT2D eigenvalue weighted by Crippen LogP contribution is -2.47. The largest absolute Gasteiger partial charge is 0.329 e. The van der Waals surface area contributed by atoms with Crippen molar-refractivity contribution in [1.29, 1.82) is 0 Å². The molecule has 0 aliphatic heterocycles. The minimum absolute atomic E-state index is 0.697. The fourth-order valence-electron chi connectivity index (χ4n) is 3.72. The van der Waals surface area contributed by atoms with Gasteiger partial charge in [-0.05, 0) is 19.1 Å². The highest BCUT2D eigenvalue weighted by Gasteiger charge is 2.41. The van der Waals surface area contributed by atoms with Crippen LogP contribution in [-0.4, -0.2) is 25.7 Å². The Kier molecular flexibility index (Phi) is 3.99. The molecule has 2 nitrogen and oxygen atoms in total. The van der Waals surface area contributed by atoms with Crippen LogP contribution in [0.15, 0.2) is 24.3 Å². The molecule has 0 atom stereocenters. The summed E-state index contributed by atoms with van der Waals surface area (Å²) in [6, 6.07) is 8.58. The molecular formula is C16H28N2Si2. The van der Waals surface area contributed by atoms with Gasteiger partial charge in [-0.15, -0.1) is 0 Å². The lowest BCUT2D eigenvalue weighted by Gasteiger charge is -2.38. The molecule has 4 heteroatoms. The Balaban J connectivity index is 2.71. The van der Waals surface area contributed by atoms with Crippen LogP contribution in [0, 0.1) is 0 Å². The normalized spacial score (nSPS) is 13.4. The van der Waals surface area contributed by atoms with E-state index in [0.29, 0.717) is 5.16 Å². The van der Waals surface area contributed by atoms with E-state index in [1.807, 2.05) is 0 Å². The van der Waals surface area contributed by atoms with Crippen molar-refractivity contribution in [2.45, 2.75) is 57.9 Å². The number of nitrogens with zero attached hydrogens (tertiary/aromatic N) is 2. The first-order chi connectivity index (χ1) is 9.16. The van der Waals surface area contributed by atoms with Crippen molar-refractivity contribution in [1.82, 2.24) is 9.55 Å². The van der Waals surface area contributed by atoms with E-state index in [1.54, 1.807) is 0 Å². The monoisotopic (exact) mass is 304 g/mol. The van der Waals surface area contributed by atoms with Crippen LogP contribution in [0.2, 0.25) is 39.3 Å². The summed E-state index contributed by atoms with van der Waals surface area (Å²) in [4.78, 5) is 5.05. The fraction of sp³-hybridized carbons (Fsp3) is 0.562. The SMILES string of the molecule is CCn1c(C([Si](C)(C)C)[Si](C)(C)C)nc2ccccc21. The lowest BCUT2D eigenvalue weighted by molar-refractivity contribution is 0.732. The second-order valence-corrected chi connectivity index (χ2v) is 19.1. The van der Waals surface area contributed by atoms with Crippen LogP contribution in [0.25, 0.3) is 11.0 Å². The third-order valence-electron chi connectivity index (χ3n) is 3.99. The zero-order chi connectivity index (χ0) is 15.1. The van der Waals surface area contributed by atoms with Crippen molar-refractivity contribution in [2.75, 3.05) is 0 Å². The highest BCUT2D eigenvalue weighted by atomic mass is 28.4. The number of fused-ring (bicyclic) bond motifs is 1. The molecule has 1 heterocycles. The van der Waals surface area contributed by atoms with Gasteiger partial charge in [-0.2, -0.15) is 0 Å². The molecule has 0 spiro atoms. The van der Waals surface area contributed by atoms with Gasteiger partial charge in [0.05, 0.1) is 27.2 Å². The molecule has 2 aromatic rings. The van der Waals surface area contributed by atoms with Crippen molar-refractivity contribution in [2.24, 2.45) is 0 Å². The van der Waals surface area contributed by atoms with E-state index >= 15 is 0 Å². The Labute approximate surface area is 125 Å². The average molecular weight is 305 g/mol. The highest BCUT2D eigenvalue weighted by molar-refractivity contribution is 6.96. The zero-order valence-electron chi connectivity index (χ0n) is 14.0. The molecule has 0 unspecified atom stereocenters. The van der Waals surface area contributed by atoms with Crippen molar-refractivity contribution < 1.29 is 0 Å². The number of imidazole rings is 1. The third-order valence-corrected chi connectivity index (χ3v) is 13.2. The Morgan fingerprint density at radius 1 is 1.00 bits per heavy atom. The quantitative estimate of drug-likeness (QED) is 0.735. The topological polar surface area (TPSA) is 17.8 Å². The Morgan fingerprint density at radius 2 is 1.55 bits per heavy atom. The molecule has 0 bridgehead atoms. The van der Waals surface area contributed by atoms with Gasteiger partial charge in [0.1, 0.15) is 5.82 Å². The summed E-state index contributed by atoms with van der Waals surface area (Å²) in [5.41, 5.74) is 2.46. The van der Waals surface area contributed by atoms with E-state index in [9.17, 15) is 0 Å². The Bertz CT molecular complexity index is 589. The predicted octanol–water partition coefficient (Wildman–Crippen LogP) is 4.89. The van der Waals surface area contributed by atoms with Crippen molar-refractivity contribution in [3.63, 3.8) is 0 Å². The van der Waals surface area contributed by atoms with Gasteiger partial charge in [0.15, 0.2) is 0 Å². The summed E-state index contributed by atoms with van der Waals surface area (Å²) < 4.78 is 2.45. The standard InChI is InChI=1S/C16H28N2Si2/c1-8-18-14-12-10-9-11-13(14)17-15(18)16(19(2,3)4)20(5,6)7/h9-12,16H,8H2,1-7H3. The maximum absolute atomic E-state index is 5.05. The maximum atomic E-state index is 5.05. The summed E-state index contributed by atoms with van der Waals surface area (Å²) in [7, 11) is -2.59. The smallest absolute Gasteiger partial charge is 0.107 e. The van der Waals surface area contributed by atoms with Gasteiger partial charge in [-0.1, -0.05) is 51.4 Å². The summed E-state index contributed by atoms with van der Waals surface area (Å²) in [6.07, 6.45) is 0. The van der Waals surface area contributed by atoms with Crippen molar-refractivity contribution >= 4 is 27.2 Å². The number of benzene rings is 1. The van der Waals surface area contributed by atoms with E-state index in [4.69, 9.17) is 4.98 Å². The molecule has 1 aromatic carbocycles. The molecule has 20 heavy (non-hydrogen) atoms. The van der Waals surface area contributed by atoms with Gasteiger partial charge in [0.2, 0.25) is 0 Å². The first-order valence-corrected chi connectivity index (χ1v) is 14.8. The minimum Gasteiger partial charge on any atom is -0.329 e. The molecule has 0 saturated carbocycles. The summed E-state index contributed by atoms with van der Waals surface area (Å²) in [6.45, 7) is 18.2. The number of para-hydroxylation sites is 2. The van der Waals surface area contributed by atoms with Gasteiger partial charge in [-0.3, -0.25) is 0 Å². The molecule has 0 N–H and O–H groups in total. The maximum Gasteiger partial charge on any atom is 0.107 e. The van der Waals surface area contributed by atoms with Crippen LogP contribution in [-0.2, 0) is 6.54 Å². The molecule has 0 aliphatic rings. The van der Waals surface area contributed by atoms with E-state index in [2.05, 4.69) is 75.0 Å². The van der Waals surface area contributed by atoms with Crippen LogP contribution in [0.5, 0.6) is 0 Å². The number of aryl methyl sites for hydroxylation is 1. The zero-order valence-corrected chi connectivity index (χ0v) is 16.0. The van der Waals surface area contributed by atoms with Gasteiger partial charge in [0, 0.05) is 11.7 Å². The molecule has 110 valence electrons. The summed E-state index contributed by atoms with van der Waals surface area (Å²) >= 11 is 0. The number of hydrogen-bond donors (Lipinski definition) is 0. The number of hydrogen-bond acceptors (Lipinski definition) is 1. The summed E-state index contributed by atoms with van der Waals surface area (Å²) in [5, 5.41) is 0.697. The molecule has 0 saturated heterocycles. The first kappa shape index (κ1) is 15.5. The van der Waals surface area contributed by atoms with E-state index in [-0.39, 0.29) is 0 Å². The first-order valence-electron chi connectivity index (χ1n) is 7.61. The van der Waals surface area contributed by atoms with Gasteiger partial charge in [0.25, 0.3) is 0 Å². The molecular weight excluding hydrogens is 276 g/mol. The van der Waals surface area contributed by atoms with Crippen LogP contribution < -0.4 is 0 Å². The van der Waals surface area contributed by atoms with Gasteiger partial charge >= 0.3 is 0 Å². The highest BCUT2D eigenvalue weighted by Crippen LogP contribution is 2.36. The molecule has 0 radical (unpaired) electrons. The van der Waals surface area contributed by atoms with Crippen molar-refractivity contribution in [3.8, 4) is 0 Å². The fourth-order valence-corrected chi connectivity index (χ4v) is 16.1. The second kappa shape index (κ2) is 5.15. The molecule has 0 aliphatic carbocycles. The lowest BCUT2D eigenvalue weighted by atomic mass is 10.3. The van der Waals surface area contributed by atoms with E-state index < -0.39 is 16.1 Å². The Hall–Kier alpha value is -0.876. The predicted molar refractivity (Wildman–Crippen MR) is 94.8 cm³/mol.